The van der Waals surface area contributed by atoms with Crippen molar-refractivity contribution < 1.29 is 49.7 Å². The van der Waals surface area contributed by atoms with Crippen LogP contribution in [0.1, 0.15) is 13.8 Å². The summed E-state index contributed by atoms with van der Waals surface area (Å²) in [5.41, 5.74) is 1.56. The molecule has 0 aliphatic rings. The number of rotatable bonds is 1. The number of nitrogens with one attached hydrogen (secondary N) is 1. The smallest absolute Gasteiger partial charge is 0.119 e. The topological polar surface area (TPSA) is 37.9 Å². The van der Waals surface area contributed by atoms with E-state index in [4.69, 9.17) is 12.6 Å². The number of nitrogens with zero attached hydrogens (tertiary/aromatic N) is 1. The molecule has 1 aromatic heterocycles. The number of fused-ring (bicyclic) bond motifs is 1. The first-order valence-corrected chi connectivity index (χ1v) is 4.58. The van der Waals surface area contributed by atoms with Gasteiger partial charge in [-0.3, -0.25) is 5.10 Å². The molecule has 0 aliphatic carbocycles. The molecule has 3 nitrogen and oxygen atoms in total. The van der Waals surface area contributed by atoms with Gasteiger partial charge in [0.15, 0.2) is 0 Å². The SMILES string of the molecule is CC.[B]c1cc2cn[nH]c2cc1OC.[Ra]. The van der Waals surface area contributed by atoms with E-state index in [-0.39, 0.29) is 45.0 Å². The third-order valence-electron chi connectivity index (χ3n) is 1.79. The van der Waals surface area contributed by atoms with Crippen molar-refractivity contribution in [2.45, 2.75) is 13.8 Å². The number of aromatic amines is 1. The summed E-state index contributed by atoms with van der Waals surface area (Å²) >= 11 is 0. The Morgan fingerprint density at radius 2 is 2.00 bits per heavy atom. The molecular formula is C10H13BN2ORa. The molecule has 74 valence electrons. The van der Waals surface area contributed by atoms with Crippen molar-refractivity contribution in [3.8, 4) is 5.75 Å². The molecule has 0 saturated carbocycles. The van der Waals surface area contributed by atoms with Crippen molar-refractivity contribution in [3.05, 3.63) is 18.3 Å². The Labute approximate surface area is 128 Å². The van der Waals surface area contributed by atoms with Gasteiger partial charge in [-0.15, -0.1) is 0 Å². The average Bonchev–Trinajstić information content (AvgIpc) is 2.66. The van der Waals surface area contributed by atoms with Crippen LogP contribution in [0.3, 0.4) is 0 Å². The Bertz CT molecular complexity index is 417. The first kappa shape index (κ1) is 15.0. The van der Waals surface area contributed by atoms with E-state index in [1.54, 1.807) is 13.3 Å². The quantitative estimate of drug-likeness (QED) is 0.717. The summed E-state index contributed by atoms with van der Waals surface area (Å²) in [7, 11) is 7.28. The molecule has 0 atom stereocenters. The van der Waals surface area contributed by atoms with E-state index >= 15 is 0 Å². The molecule has 0 fully saturated rings. The summed E-state index contributed by atoms with van der Waals surface area (Å²) in [5.74, 6) is 0.673. The number of methoxy groups -OCH3 is 1. The second-order valence-corrected chi connectivity index (χ2v) is 2.55. The monoisotopic (exact) mass is 414 g/mol. The molecule has 0 unspecified atom stereocenters. The Morgan fingerprint density at radius 3 is 2.60 bits per heavy atom. The Hall–Kier alpha value is 0.0225. The van der Waals surface area contributed by atoms with Crippen LogP contribution >= 0.6 is 0 Å². The van der Waals surface area contributed by atoms with Gasteiger partial charge in [-0.05, 0) is 0 Å². The van der Waals surface area contributed by atoms with E-state index in [2.05, 4.69) is 10.2 Å². The van der Waals surface area contributed by atoms with Crippen LogP contribution in [0.5, 0.6) is 5.75 Å². The summed E-state index contributed by atoms with van der Waals surface area (Å²) in [5, 5.41) is 7.71. The van der Waals surface area contributed by atoms with Crippen LogP contribution < -0.4 is 10.2 Å². The van der Waals surface area contributed by atoms with Gasteiger partial charge in [0, 0.05) is 56.5 Å². The van der Waals surface area contributed by atoms with E-state index in [1.165, 1.54) is 0 Å². The van der Waals surface area contributed by atoms with Gasteiger partial charge in [0.25, 0.3) is 0 Å². The van der Waals surface area contributed by atoms with Gasteiger partial charge >= 0.3 is 0 Å². The largest absolute Gasteiger partial charge is 0.497 e. The summed E-state index contributed by atoms with van der Waals surface area (Å²) in [6, 6.07) is 3.66. The summed E-state index contributed by atoms with van der Waals surface area (Å²) in [4.78, 5) is 0. The van der Waals surface area contributed by atoms with Crippen molar-refractivity contribution in [2.75, 3.05) is 7.11 Å². The minimum atomic E-state index is 0. The normalized spacial score (nSPS) is 8.73. The molecule has 0 amide bonds. The van der Waals surface area contributed by atoms with Crippen LogP contribution in [0, 0.1) is 45.0 Å². The van der Waals surface area contributed by atoms with Crippen LogP contribution in [-0.2, 0) is 0 Å². The van der Waals surface area contributed by atoms with Gasteiger partial charge in [-0.2, -0.15) is 5.10 Å². The second-order valence-electron chi connectivity index (χ2n) is 2.55. The minimum Gasteiger partial charge on any atom is -0.497 e. The molecule has 1 heterocycles. The molecule has 1 N–H and O–H groups in total. The predicted molar refractivity (Wildman–Crippen MR) is 59.4 cm³/mol. The zero-order chi connectivity index (χ0) is 10.6. The molecule has 0 bridgehead atoms. The van der Waals surface area contributed by atoms with Crippen molar-refractivity contribution in [2.24, 2.45) is 0 Å². The zero-order valence-corrected chi connectivity index (χ0v) is 15.2. The maximum atomic E-state index is 5.69. The third-order valence-corrected chi connectivity index (χ3v) is 1.79. The number of hydrogen-bond acceptors (Lipinski definition) is 2. The van der Waals surface area contributed by atoms with E-state index in [9.17, 15) is 0 Å². The fourth-order valence-corrected chi connectivity index (χ4v) is 1.17. The van der Waals surface area contributed by atoms with Gasteiger partial charge < -0.3 is 4.74 Å². The third kappa shape index (κ3) is 3.51. The number of ether oxygens (including phenoxy) is 1. The minimum absolute atomic E-state index is 0. The second kappa shape index (κ2) is 7.32. The molecule has 4 radical (unpaired) electrons. The standard InChI is InChI=1S/C8H7BN2O.C2H6.Ra/c1-12-8-3-7-5(2-6(8)9)4-10-11-7;1-2;/h2-4H,1H3,(H,10,11);1-2H3;. The predicted octanol–water partition coefficient (Wildman–Crippen LogP) is 1.39. The van der Waals surface area contributed by atoms with Crippen LogP contribution in [0.2, 0.25) is 0 Å². The number of hydrogen-bond donors (Lipinski definition) is 1. The molecule has 2 aromatic rings. The van der Waals surface area contributed by atoms with Crippen molar-refractivity contribution in [1.82, 2.24) is 10.2 Å². The summed E-state index contributed by atoms with van der Waals surface area (Å²) in [6.07, 6.45) is 1.73. The van der Waals surface area contributed by atoms with Crippen molar-refractivity contribution >= 4 is 24.2 Å². The maximum Gasteiger partial charge on any atom is 0.119 e. The Morgan fingerprint density at radius 1 is 1.33 bits per heavy atom. The van der Waals surface area contributed by atoms with Crippen molar-refractivity contribution in [1.29, 1.82) is 0 Å². The molecular weight excluding hydrogens is 401 g/mol. The molecule has 0 spiro atoms. The number of H-pyrrole nitrogens is 1. The maximum absolute atomic E-state index is 5.69. The van der Waals surface area contributed by atoms with Crippen molar-refractivity contribution in [3.63, 3.8) is 0 Å². The number of aromatic nitrogens is 2. The van der Waals surface area contributed by atoms with E-state index in [1.807, 2.05) is 26.0 Å². The molecule has 0 saturated heterocycles. The molecule has 1 aromatic carbocycles. The molecule has 0 aliphatic heterocycles. The zero-order valence-electron chi connectivity index (χ0n) is 9.37. The van der Waals surface area contributed by atoms with Gasteiger partial charge in [0.05, 0.1) is 18.8 Å². The van der Waals surface area contributed by atoms with Gasteiger partial charge in [0.1, 0.15) is 13.6 Å². The Balaban J connectivity index is 0.000000617. The Kier molecular flexibility index (Phi) is 7.33. The fourth-order valence-electron chi connectivity index (χ4n) is 1.17. The van der Waals surface area contributed by atoms with E-state index in [0.29, 0.717) is 11.2 Å². The van der Waals surface area contributed by atoms with Crippen LogP contribution in [0.15, 0.2) is 18.3 Å². The van der Waals surface area contributed by atoms with Gasteiger partial charge in [0.2, 0.25) is 0 Å². The number of benzene rings is 1. The summed E-state index contributed by atoms with van der Waals surface area (Å²) < 4.78 is 5.05. The van der Waals surface area contributed by atoms with Gasteiger partial charge in [-0.25, -0.2) is 0 Å². The molecule has 2 rings (SSSR count). The first-order chi connectivity index (χ1) is 6.81. The fraction of sp³-hybridized carbons (Fsp3) is 0.300. The summed E-state index contributed by atoms with van der Waals surface area (Å²) in [6.45, 7) is 4.00. The van der Waals surface area contributed by atoms with E-state index < -0.39 is 0 Å². The molecule has 15 heavy (non-hydrogen) atoms. The first-order valence-electron chi connectivity index (χ1n) is 4.58. The van der Waals surface area contributed by atoms with Crippen LogP contribution in [0.25, 0.3) is 10.9 Å². The van der Waals surface area contributed by atoms with Crippen LogP contribution in [0.4, 0.5) is 0 Å². The van der Waals surface area contributed by atoms with Crippen LogP contribution in [-0.4, -0.2) is 25.2 Å². The van der Waals surface area contributed by atoms with E-state index in [0.717, 1.165) is 10.9 Å². The van der Waals surface area contributed by atoms with Gasteiger partial charge in [-0.1, -0.05) is 25.4 Å². The molecule has 5 heteroatoms. The average molecular weight is 414 g/mol.